The first-order valence-corrected chi connectivity index (χ1v) is 9.39. The Hall–Kier alpha value is -2.57. The van der Waals surface area contributed by atoms with Gasteiger partial charge in [0.2, 0.25) is 5.91 Å². The summed E-state index contributed by atoms with van der Waals surface area (Å²) in [6.45, 7) is 2.03. The van der Waals surface area contributed by atoms with Gasteiger partial charge in [-0.3, -0.25) is 4.79 Å². The lowest BCUT2D eigenvalue weighted by atomic mass is 9.99. The van der Waals surface area contributed by atoms with Gasteiger partial charge in [0.05, 0.1) is 16.6 Å². The highest BCUT2D eigenvalue weighted by molar-refractivity contribution is 6.33. The van der Waals surface area contributed by atoms with Crippen LogP contribution in [0.2, 0.25) is 5.02 Å². The van der Waals surface area contributed by atoms with Crippen LogP contribution in [0.4, 0.5) is 16.2 Å². The highest BCUT2D eigenvalue weighted by Crippen LogP contribution is 2.20. The quantitative estimate of drug-likeness (QED) is 0.633. The first kappa shape index (κ1) is 19.2. The summed E-state index contributed by atoms with van der Waals surface area (Å²) >= 11 is 6.03. The number of hydrogen-bond donors (Lipinski definition) is 4. The molecule has 0 radical (unpaired) electrons. The number of piperidine rings is 1. The Balaban J connectivity index is 1.52. The third-order valence-corrected chi connectivity index (χ3v) is 4.77. The third kappa shape index (κ3) is 5.70. The van der Waals surface area contributed by atoms with Gasteiger partial charge in [0.1, 0.15) is 0 Å². The second-order valence-electron chi connectivity index (χ2n) is 6.52. The van der Waals surface area contributed by atoms with Crippen molar-refractivity contribution in [2.75, 3.05) is 23.7 Å². The van der Waals surface area contributed by atoms with Crippen molar-refractivity contribution < 1.29 is 9.59 Å². The molecule has 2 aromatic rings. The Bertz CT molecular complexity index is 806. The molecule has 1 unspecified atom stereocenters. The van der Waals surface area contributed by atoms with Crippen LogP contribution in [-0.4, -0.2) is 25.0 Å². The number of anilines is 2. The molecule has 0 bridgehead atoms. The molecule has 2 aromatic carbocycles. The van der Waals surface area contributed by atoms with E-state index in [-0.39, 0.29) is 17.9 Å². The largest absolute Gasteiger partial charge is 0.334 e. The molecule has 1 aliphatic heterocycles. The van der Waals surface area contributed by atoms with Gasteiger partial charge < -0.3 is 21.3 Å². The fraction of sp³-hybridized carbons (Fsp3) is 0.300. The normalized spacial score (nSPS) is 16.4. The number of para-hydroxylation sites is 1. The number of carbonyl (C=O) groups is 2. The molecular formula is C20H23ClN4O2. The average Bonchev–Trinajstić information content (AvgIpc) is 2.69. The molecule has 27 heavy (non-hydrogen) atoms. The summed E-state index contributed by atoms with van der Waals surface area (Å²) in [5.41, 5.74) is 2.18. The van der Waals surface area contributed by atoms with E-state index in [9.17, 15) is 9.59 Å². The minimum absolute atomic E-state index is 0.00179. The fourth-order valence-corrected chi connectivity index (χ4v) is 3.17. The van der Waals surface area contributed by atoms with Crippen LogP contribution in [0.25, 0.3) is 0 Å². The Kier molecular flexibility index (Phi) is 6.68. The van der Waals surface area contributed by atoms with Crippen LogP contribution < -0.4 is 21.3 Å². The molecule has 3 rings (SSSR count). The van der Waals surface area contributed by atoms with Gasteiger partial charge in [-0.25, -0.2) is 4.79 Å². The maximum absolute atomic E-state index is 12.3. The monoisotopic (exact) mass is 386 g/mol. The lowest BCUT2D eigenvalue weighted by Crippen LogP contribution is -2.37. The molecule has 1 heterocycles. The van der Waals surface area contributed by atoms with Crippen molar-refractivity contribution in [2.24, 2.45) is 5.92 Å². The van der Waals surface area contributed by atoms with Crippen molar-refractivity contribution in [1.82, 2.24) is 10.6 Å². The minimum atomic E-state index is -0.342. The van der Waals surface area contributed by atoms with Crippen LogP contribution in [0.1, 0.15) is 18.4 Å². The van der Waals surface area contributed by atoms with Gasteiger partial charge in [0.15, 0.2) is 0 Å². The van der Waals surface area contributed by atoms with Gasteiger partial charge in [-0.05, 0) is 49.2 Å². The number of nitrogens with one attached hydrogen (secondary N) is 4. The Morgan fingerprint density at radius 3 is 2.74 bits per heavy atom. The highest BCUT2D eigenvalue weighted by Gasteiger charge is 2.20. The predicted octanol–water partition coefficient (Wildman–Crippen LogP) is 3.60. The number of halogens is 1. The zero-order valence-electron chi connectivity index (χ0n) is 14.9. The number of hydrogen-bond acceptors (Lipinski definition) is 3. The molecular weight excluding hydrogens is 364 g/mol. The van der Waals surface area contributed by atoms with Crippen LogP contribution in [-0.2, 0) is 11.3 Å². The van der Waals surface area contributed by atoms with E-state index in [0.717, 1.165) is 37.2 Å². The standard InChI is InChI=1S/C20H23ClN4O2/c21-17-8-1-2-9-18(17)25-20(27)23-12-14-5-3-7-16(11-14)24-19(26)15-6-4-10-22-13-15/h1-3,5,7-9,11,15,22H,4,6,10,12-13H2,(H,24,26)(H2,23,25,27). The van der Waals surface area contributed by atoms with Gasteiger partial charge in [-0.15, -0.1) is 0 Å². The van der Waals surface area contributed by atoms with Gasteiger partial charge in [-0.1, -0.05) is 35.9 Å². The fourth-order valence-electron chi connectivity index (χ4n) is 2.99. The van der Waals surface area contributed by atoms with Crippen molar-refractivity contribution in [3.63, 3.8) is 0 Å². The van der Waals surface area contributed by atoms with Gasteiger partial charge in [0, 0.05) is 18.8 Å². The molecule has 6 nitrogen and oxygen atoms in total. The molecule has 142 valence electrons. The van der Waals surface area contributed by atoms with E-state index < -0.39 is 0 Å². The van der Waals surface area contributed by atoms with Crippen LogP contribution in [0.3, 0.4) is 0 Å². The molecule has 1 saturated heterocycles. The summed E-state index contributed by atoms with van der Waals surface area (Å²) in [4.78, 5) is 24.4. The number of benzene rings is 2. The van der Waals surface area contributed by atoms with Gasteiger partial charge in [0.25, 0.3) is 0 Å². The Morgan fingerprint density at radius 1 is 1.11 bits per heavy atom. The van der Waals surface area contributed by atoms with E-state index in [0.29, 0.717) is 17.3 Å². The first-order valence-electron chi connectivity index (χ1n) is 9.02. The van der Waals surface area contributed by atoms with Gasteiger partial charge in [-0.2, -0.15) is 0 Å². The Labute approximate surface area is 163 Å². The summed E-state index contributed by atoms with van der Waals surface area (Å²) in [5, 5.41) is 12.2. The molecule has 1 aliphatic rings. The maximum Gasteiger partial charge on any atom is 0.319 e. The van der Waals surface area contributed by atoms with E-state index in [1.807, 2.05) is 24.3 Å². The molecule has 7 heteroatoms. The summed E-state index contributed by atoms with van der Waals surface area (Å²) in [5.74, 6) is 0.0331. The van der Waals surface area contributed by atoms with E-state index in [1.54, 1.807) is 24.3 Å². The summed E-state index contributed by atoms with van der Waals surface area (Å²) in [6.07, 6.45) is 1.92. The van der Waals surface area contributed by atoms with Crippen molar-refractivity contribution in [1.29, 1.82) is 0 Å². The van der Waals surface area contributed by atoms with E-state index in [1.165, 1.54) is 0 Å². The first-order chi connectivity index (χ1) is 13.1. The zero-order chi connectivity index (χ0) is 19.1. The molecule has 1 fully saturated rings. The molecule has 0 aliphatic carbocycles. The summed E-state index contributed by atoms with van der Waals surface area (Å²) in [6, 6.07) is 14.2. The van der Waals surface area contributed by atoms with Crippen LogP contribution in [0, 0.1) is 5.92 Å². The van der Waals surface area contributed by atoms with E-state index >= 15 is 0 Å². The van der Waals surface area contributed by atoms with E-state index in [4.69, 9.17) is 11.6 Å². The molecule has 0 spiro atoms. The smallest absolute Gasteiger partial charge is 0.319 e. The van der Waals surface area contributed by atoms with Crippen LogP contribution in [0.15, 0.2) is 48.5 Å². The van der Waals surface area contributed by atoms with Crippen molar-refractivity contribution >= 4 is 34.9 Å². The average molecular weight is 387 g/mol. The molecule has 1 atom stereocenters. The van der Waals surface area contributed by atoms with Gasteiger partial charge >= 0.3 is 6.03 Å². The molecule has 0 aromatic heterocycles. The number of amides is 3. The lowest BCUT2D eigenvalue weighted by molar-refractivity contribution is -0.120. The minimum Gasteiger partial charge on any atom is -0.334 e. The Morgan fingerprint density at radius 2 is 1.96 bits per heavy atom. The van der Waals surface area contributed by atoms with Crippen molar-refractivity contribution in [2.45, 2.75) is 19.4 Å². The van der Waals surface area contributed by atoms with Crippen LogP contribution >= 0.6 is 11.6 Å². The maximum atomic E-state index is 12.3. The SMILES string of the molecule is O=C(NCc1cccc(NC(=O)C2CCCNC2)c1)Nc1ccccc1Cl. The second kappa shape index (κ2) is 9.39. The number of carbonyl (C=O) groups excluding carboxylic acids is 2. The third-order valence-electron chi connectivity index (χ3n) is 4.44. The second-order valence-corrected chi connectivity index (χ2v) is 6.93. The van der Waals surface area contributed by atoms with Crippen molar-refractivity contribution in [3.8, 4) is 0 Å². The molecule has 3 amide bonds. The summed E-state index contributed by atoms with van der Waals surface area (Å²) in [7, 11) is 0. The number of urea groups is 1. The van der Waals surface area contributed by atoms with E-state index in [2.05, 4.69) is 21.3 Å². The van der Waals surface area contributed by atoms with Crippen LogP contribution in [0.5, 0.6) is 0 Å². The highest BCUT2D eigenvalue weighted by atomic mass is 35.5. The van der Waals surface area contributed by atoms with Crippen molar-refractivity contribution in [3.05, 3.63) is 59.1 Å². The molecule has 0 saturated carbocycles. The topological polar surface area (TPSA) is 82.3 Å². The number of rotatable bonds is 5. The lowest BCUT2D eigenvalue weighted by Gasteiger charge is -2.22. The zero-order valence-corrected chi connectivity index (χ0v) is 15.7. The predicted molar refractivity (Wildman–Crippen MR) is 108 cm³/mol. The summed E-state index contributed by atoms with van der Waals surface area (Å²) < 4.78 is 0. The molecule has 4 N–H and O–H groups in total.